The lowest BCUT2D eigenvalue weighted by atomic mass is 10.1. The van der Waals surface area contributed by atoms with Crippen molar-refractivity contribution in [3.05, 3.63) is 17.7 Å². The predicted octanol–water partition coefficient (Wildman–Crippen LogP) is 2.03. The monoisotopic (exact) mass is 219 g/mol. The fourth-order valence-electron chi connectivity index (χ4n) is 3.12. The molecule has 2 aliphatic heterocycles. The molecule has 88 valence electrons. The highest BCUT2D eigenvalue weighted by Gasteiger charge is 2.27. The smallest absolute Gasteiger partial charge is 0.113 e. The SMILES string of the molecule is CCN1CCC(c2ncc3n2CCCC3)C1. The zero-order chi connectivity index (χ0) is 11.0. The van der Waals surface area contributed by atoms with Crippen LogP contribution in [0.3, 0.4) is 0 Å². The Morgan fingerprint density at radius 1 is 1.38 bits per heavy atom. The van der Waals surface area contributed by atoms with E-state index in [9.17, 15) is 0 Å². The molecule has 0 N–H and O–H groups in total. The number of nitrogens with zero attached hydrogens (tertiary/aromatic N) is 3. The van der Waals surface area contributed by atoms with Gasteiger partial charge < -0.3 is 9.47 Å². The summed E-state index contributed by atoms with van der Waals surface area (Å²) in [5, 5.41) is 0. The summed E-state index contributed by atoms with van der Waals surface area (Å²) in [4.78, 5) is 7.22. The van der Waals surface area contributed by atoms with Crippen LogP contribution < -0.4 is 0 Å². The Bertz CT molecular complexity index is 369. The molecular weight excluding hydrogens is 198 g/mol. The zero-order valence-corrected chi connectivity index (χ0v) is 10.2. The van der Waals surface area contributed by atoms with E-state index in [0.717, 1.165) is 0 Å². The van der Waals surface area contributed by atoms with E-state index in [2.05, 4.69) is 27.6 Å². The van der Waals surface area contributed by atoms with Crippen LogP contribution in [-0.4, -0.2) is 34.1 Å². The highest BCUT2D eigenvalue weighted by atomic mass is 15.2. The molecule has 3 heteroatoms. The molecule has 16 heavy (non-hydrogen) atoms. The van der Waals surface area contributed by atoms with Gasteiger partial charge in [-0.25, -0.2) is 4.98 Å². The van der Waals surface area contributed by atoms with Crippen LogP contribution in [0.15, 0.2) is 6.20 Å². The van der Waals surface area contributed by atoms with Crippen molar-refractivity contribution in [2.24, 2.45) is 0 Å². The number of hydrogen-bond acceptors (Lipinski definition) is 2. The van der Waals surface area contributed by atoms with Crippen molar-refractivity contribution in [1.82, 2.24) is 14.5 Å². The van der Waals surface area contributed by atoms with Gasteiger partial charge in [0, 0.05) is 30.9 Å². The number of imidazole rings is 1. The molecule has 1 aromatic heterocycles. The van der Waals surface area contributed by atoms with Crippen molar-refractivity contribution in [2.75, 3.05) is 19.6 Å². The second-order valence-electron chi connectivity index (χ2n) is 5.10. The zero-order valence-electron chi connectivity index (χ0n) is 10.2. The molecule has 1 saturated heterocycles. The van der Waals surface area contributed by atoms with E-state index < -0.39 is 0 Å². The van der Waals surface area contributed by atoms with E-state index in [-0.39, 0.29) is 0 Å². The van der Waals surface area contributed by atoms with Crippen LogP contribution in [0.1, 0.15) is 43.6 Å². The van der Waals surface area contributed by atoms with Crippen LogP contribution in [-0.2, 0) is 13.0 Å². The molecule has 0 bridgehead atoms. The largest absolute Gasteiger partial charge is 0.332 e. The highest BCUT2D eigenvalue weighted by Crippen LogP contribution is 2.28. The Morgan fingerprint density at radius 3 is 3.12 bits per heavy atom. The van der Waals surface area contributed by atoms with E-state index >= 15 is 0 Å². The number of aromatic nitrogens is 2. The van der Waals surface area contributed by atoms with E-state index in [1.807, 2.05) is 0 Å². The van der Waals surface area contributed by atoms with E-state index in [4.69, 9.17) is 0 Å². The average molecular weight is 219 g/mol. The molecule has 3 nitrogen and oxygen atoms in total. The van der Waals surface area contributed by atoms with Gasteiger partial charge in [0.25, 0.3) is 0 Å². The van der Waals surface area contributed by atoms with Crippen LogP contribution in [0.4, 0.5) is 0 Å². The van der Waals surface area contributed by atoms with E-state index in [1.165, 1.54) is 63.4 Å². The van der Waals surface area contributed by atoms with Gasteiger partial charge in [0.2, 0.25) is 0 Å². The second kappa shape index (κ2) is 4.21. The molecule has 1 atom stereocenters. The molecule has 0 spiro atoms. The van der Waals surface area contributed by atoms with Crippen molar-refractivity contribution in [2.45, 2.75) is 45.1 Å². The van der Waals surface area contributed by atoms with Gasteiger partial charge in [0.05, 0.1) is 0 Å². The Hall–Kier alpha value is -0.830. The molecular formula is C13H21N3. The van der Waals surface area contributed by atoms with E-state index in [0.29, 0.717) is 5.92 Å². The standard InChI is InChI=1S/C13H21N3/c1-2-15-8-6-11(10-15)13-14-9-12-5-3-4-7-16(12)13/h9,11H,2-8,10H2,1H3. The van der Waals surface area contributed by atoms with Gasteiger partial charge in [-0.3, -0.25) is 0 Å². The van der Waals surface area contributed by atoms with Crippen molar-refractivity contribution in [3.8, 4) is 0 Å². The molecule has 1 fully saturated rings. The van der Waals surface area contributed by atoms with Crippen LogP contribution in [0, 0.1) is 0 Å². The number of fused-ring (bicyclic) bond motifs is 1. The first-order valence-electron chi connectivity index (χ1n) is 6.65. The average Bonchev–Trinajstić information content (AvgIpc) is 2.94. The minimum Gasteiger partial charge on any atom is -0.332 e. The van der Waals surface area contributed by atoms with Crippen LogP contribution in [0.25, 0.3) is 0 Å². The van der Waals surface area contributed by atoms with Crippen LogP contribution in [0.5, 0.6) is 0 Å². The summed E-state index contributed by atoms with van der Waals surface area (Å²) in [6.07, 6.45) is 7.32. The summed E-state index contributed by atoms with van der Waals surface area (Å²) < 4.78 is 2.49. The number of likely N-dealkylation sites (tertiary alicyclic amines) is 1. The number of likely N-dealkylation sites (N-methyl/N-ethyl adjacent to an activating group) is 1. The fraction of sp³-hybridized carbons (Fsp3) is 0.769. The lowest BCUT2D eigenvalue weighted by molar-refractivity contribution is 0.350. The number of hydrogen-bond donors (Lipinski definition) is 0. The third-order valence-corrected chi connectivity index (χ3v) is 4.12. The lowest BCUT2D eigenvalue weighted by Gasteiger charge is -2.19. The molecule has 2 aliphatic rings. The van der Waals surface area contributed by atoms with Gasteiger partial charge in [0.1, 0.15) is 5.82 Å². The maximum Gasteiger partial charge on any atom is 0.113 e. The quantitative estimate of drug-likeness (QED) is 0.759. The lowest BCUT2D eigenvalue weighted by Crippen LogP contribution is -2.21. The predicted molar refractivity (Wildman–Crippen MR) is 64.6 cm³/mol. The Morgan fingerprint density at radius 2 is 2.31 bits per heavy atom. The third kappa shape index (κ3) is 1.67. The summed E-state index contributed by atoms with van der Waals surface area (Å²) in [5.41, 5.74) is 1.47. The topological polar surface area (TPSA) is 21.1 Å². The second-order valence-corrected chi connectivity index (χ2v) is 5.10. The molecule has 0 saturated carbocycles. The van der Waals surface area contributed by atoms with Crippen molar-refractivity contribution >= 4 is 0 Å². The number of rotatable bonds is 2. The van der Waals surface area contributed by atoms with Crippen LogP contribution >= 0.6 is 0 Å². The Labute approximate surface area is 97.5 Å². The summed E-state index contributed by atoms with van der Waals surface area (Å²) in [7, 11) is 0. The van der Waals surface area contributed by atoms with E-state index in [1.54, 1.807) is 0 Å². The minimum atomic E-state index is 0.687. The molecule has 3 rings (SSSR count). The first-order valence-corrected chi connectivity index (χ1v) is 6.65. The molecule has 0 aromatic carbocycles. The summed E-state index contributed by atoms with van der Waals surface area (Å²) in [5.74, 6) is 2.05. The molecule has 0 radical (unpaired) electrons. The molecule has 1 unspecified atom stereocenters. The van der Waals surface area contributed by atoms with Gasteiger partial charge in [0.15, 0.2) is 0 Å². The maximum absolute atomic E-state index is 4.68. The van der Waals surface area contributed by atoms with Gasteiger partial charge in [-0.05, 0) is 38.8 Å². The summed E-state index contributed by atoms with van der Waals surface area (Å²) >= 11 is 0. The van der Waals surface area contributed by atoms with Gasteiger partial charge in [-0.2, -0.15) is 0 Å². The highest BCUT2D eigenvalue weighted by molar-refractivity contribution is 5.13. The van der Waals surface area contributed by atoms with Gasteiger partial charge >= 0.3 is 0 Å². The number of aryl methyl sites for hydroxylation is 1. The summed E-state index contributed by atoms with van der Waals surface area (Å²) in [6, 6.07) is 0. The van der Waals surface area contributed by atoms with Crippen molar-refractivity contribution in [3.63, 3.8) is 0 Å². The molecule has 3 heterocycles. The Balaban J connectivity index is 1.82. The Kier molecular flexibility index (Phi) is 2.72. The third-order valence-electron chi connectivity index (χ3n) is 4.12. The molecule has 0 amide bonds. The van der Waals surface area contributed by atoms with Crippen molar-refractivity contribution in [1.29, 1.82) is 0 Å². The van der Waals surface area contributed by atoms with Crippen molar-refractivity contribution < 1.29 is 0 Å². The minimum absolute atomic E-state index is 0.687. The normalized spacial score (nSPS) is 25.9. The molecule has 0 aliphatic carbocycles. The van der Waals surface area contributed by atoms with Crippen LogP contribution in [0.2, 0.25) is 0 Å². The first kappa shape index (κ1) is 10.3. The maximum atomic E-state index is 4.68. The first-order chi connectivity index (χ1) is 7.88. The molecule has 1 aromatic rings. The van der Waals surface area contributed by atoms with Gasteiger partial charge in [-0.15, -0.1) is 0 Å². The summed E-state index contributed by atoms with van der Waals surface area (Å²) in [6.45, 7) is 7.11. The fourth-order valence-corrected chi connectivity index (χ4v) is 3.12. The van der Waals surface area contributed by atoms with Gasteiger partial charge in [-0.1, -0.05) is 6.92 Å².